The first-order chi connectivity index (χ1) is 11.0. The summed E-state index contributed by atoms with van der Waals surface area (Å²) >= 11 is 0. The average Bonchev–Trinajstić information content (AvgIpc) is 2.54. The van der Waals surface area contributed by atoms with Crippen LogP contribution in [0.3, 0.4) is 0 Å². The zero-order valence-electron chi connectivity index (χ0n) is 14.5. The SMILES string of the molecule is CCc1c(C)c(C)c(C)c(-c2cc3ccccc3c(=O)[nH]2)c1C. The zero-order valence-corrected chi connectivity index (χ0v) is 14.5. The maximum Gasteiger partial charge on any atom is 0.256 e. The Labute approximate surface area is 137 Å². The molecule has 1 aromatic heterocycles. The Kier molecular flexibility index (Phi) is 3.85. The van der Waals surface area contributed by atoms with Gasteiger partial charge in [0.05, 0.1) is 0 Å². The molecule has 0 fully saturated rings. The molecule has 118 valence electrons. The molecule has 23 heavy (non-hydrogen) atoms. The van der Waals surface area contributed by atoms with Crippen molar-refractivity contribution in [2.75, 3.05) is 0 Å². The largest absolute Gasteiger partial charge is 0.321 e. The van der Waals surface area contributed by atoms with Gasteiger partial charge in [-0.15, -0.1) is 0 Å². The highest BCUT2D eigenvalue weighted by atomic mass is 16.1. The Morgan fingerprint density at radius 2 is 1.61 bits per heavy atom. The molecule has 2 heteroatoms. The fourth-order valence-corrected chi connectivity index (χ4v) is 3.69. The molecule has 1 N–H and O–H groups in total. The summed E-state index contributed by atoms with van der Waals surface area (Å²) in [6.45, 7) is 10.9. The second-order valence-corrected chi connectivity index (χ2v) is 6.31. The third-order valence-electron chi connectivity index (χ3n) is 5.16. The van der Waals surface area contributed by atoms with Gasteiger partial charge in [0.1, 0.15) is 0 Å². The normalized spacial score (nSPS) is 11.2. The van der Waals surface area contributed by atoms with E-state index in [2.05, 4.69) is 45.7 Å². The number of pyridine rings is 1. The minimum Gasteiger partial charge on any atom is -0.321 e. The molecule has 0 saturated heterocycles. The molecular weight excluding hydrogens is 282 g/mol. The maximum atomic E-state index is 12.4. The number of H-pyrrole nitrogens is 1. The lowest BCUT2D eigenvalue weighted by atomic mass is 9.86. The van der Waals surface area contributed by atoms with Crippen LogP contribution in [0, 0.1) is 27.7 Å². The second-order valence-electron chi connectivity index (χ2n) is 6.31. The number of aromatic nitrogens is 1. The molecule has 2 nitrogen and oxygen atoms in total. The van der Waals surface area contributed by atoms with Crippen molar-refractivity contribution < 1.29 is 0 Å². The van der Waals surface area contributed by atoms with Crippen LogP contribution in [0.4, 0.5) is 0 Å². The van der Waals surface area contributed by atoms with Crippen LogP contribution in [0.15, 0.2) is 35.1 Å². The summed E-state index contributed by atoms with van der Waals surface area (Å²) in [6.07, 6.45) is 1.00. The average molecular weight is 305 g/mol. The molecular formula is C21H23NO. The molecule has 0 amide bonds. The van der Waals surface area contributed by atoms with Crippen LogP contribution in [0.5, 0.6) is 0 Å². The van der Waals surface area contributed by atoms with E-state index in [0.29, 0.717) is 0 Å². The number of aromatic amines is 1. The number of fused-ring (bicyclic) bond motifs is 1. The van der Waals surface area contributed by atoms with Gasteiger partial charge in [-0.2, -0.15) is 0 Å². The molecule has 0 atom stereocenters. The molecule has 0 aliphatic heterocycles. The lowest BCUT2D eigenvalue weighted by molar-refractivity contribution is 1.05. The van der Waals surface area contributed by atoms with E-state index in [1.54, 1.807) is 0 Å². The molecule has 0 bridgehead atoms. The predicted octanol–water partition coefficient (Wildman–Crippen LogP) is 4.99. The minimum absolute atomic E-state index is 0.0202. The van der Waals surface area contributed by atoms with Gasteiger partial charge in [-0.05, 0) is 79.5 Å². The Morgan fingerprint density at radius 3 is 2.30 bits per heavy atom. The smallest absolute Gasteiger partial charge is 0.256 e. The first-order valence-corrected chi connectivity index (χ1v) is 8.17. The maximum absolute atomic E-state index is 12.4. The van der Waals surface area contributed by atoms with Crippen LogP contribution in [0.25, 0.3) is 22.0 Å². The highest BCUT2D eigenvalue weighted by Crippen LogP contribution is 2.34. The molecule has 0 aliphatic carbocycles. The third kappa shape index (κ3) is 2.39. The van der Waals surface area contributed by atoms with Gasteiger partial charge >= 0.3 is 0 Å². The van der Waals surface area contributed by atoms with E-state index in [0.717, 1.165) is 22.9 Å². The molecule has 0 aliphatic rings. The van der Waals surface area contributed by atoms with E-state index >= 15 is 0 Å². The van der Waals surface area contributed by atoms with Crippen molar-refractivity contribution in [2.45, 2.75) is 41.0 Å². The molecule has 3 rings (SSSR count). The molecule has 0 radical (unpaired) electrons. The van der Waals surface area contributed by atoms with Gasteiger partial charge in [-0.1, -0.05) is 25.1 Å². The van der Waals surface area contributed by atoms with Gasteiger partial charge in [-0.25, -0.2) is 0 Å². The molecule has 0 spiro atoms. The van der Waals surface area contributed by atoms with Gasteiger partial charge in [0.15, 0.2) is 0 Å². The molecule has 0 saturated carbocycles. The lowest BCUT2D eigenvalue weighted by Crippen LogP contribution is -2.09. The predicted molar refractivity (Wildman–Crippen MR) is 98.3 cm³/mol. The van der Waals surface area contributed by atoms with Crippen LogP contribution in [0.2, 0.25) is 0 Å². The van der Waals surface area contributed by atoms with E-state index < -0.39 is 0 Å². The van der Waals surface area contributed by atoms with Gasteiger partial charge < -0.3 is 4.98 Å². The van der Waals surface area contributed by atoms with Crippen molar-refractivity contribution >= 4 is 10.8 Å². The Morgan fingerprint density at radius 1 is 0.913 bits per heavy atom. The number of nitrogens with one attached hydrogen (secondary N) is 1. The Hall–Kier alpha value is -2.35. The summed E-state index contributed by atoms with van der Waals surface area (Å²) in [5.74, 6) is 0. The van der Waals surface area contributed by atoms with Gasteiger partial charge in [0.2, 0.25) is 0 Å². The van der Waals surface area contributed by atoms with Crippen LogP contribution in [-0.2, 0) is 6.42 Å². The monoisotopic (exact) mass is 305 g/mol. The van der Waals surface area contributed by atoms with Gasteiger partial charge in [0, 0.05) is 16.6 Å². The number of hydrogen-bond acceptors (Lipinski definition) is 1. The highest BCUT2D eigenvalue weighted by Gasteiger charge is 2.16. The highest BCUT2D eigenvalue weighted by molar-refractivity contribution is 5.86. The molecule has 2 aromatic carbocycles. The molecule has 3 aromatic rings. The van der Waals surface area contributed by atoms with Crippen molar-refractivity contribution in [1.82, 2.24) is 4.98 Å². The fourth-order valence-electron chi connectivity index (χ4n) is 3.69. The first kappa shape index (κ1) is 15.5. The minimum atomic E-state index is -0.0202. The third-order valence-corrected chi connectivity index (χ3v) is 5.16. The summed E-state index contributed by atoms with van der Waals surface area (Å²) in [5.41, 5.74) is 8.67. The lowest BCUT2D eigenvalue weighted by Gasteiger charge is -2.20. The Bertz CT molecular complexity index is 964. The summed E-state index contributed by atoms with van der Waals surface area (Å²) in [5, 5.41) is 1.73. The molecule has 0 unspecified atom stereocenters. The van der Waals surface area contributed by atoms with Crippen molar-refractivity contribution in [3.05, 3.63) is 68.5 Å². The number of benzene rings is 2. The fraction of sp³-hybridized carbons (Fsp3) is 0.286. The number of hydrogen-bond donors (Lipinski definition) is 1. The summed E-state index contributed by atoms with van der Waals surface area (Å²) in [6, 6.07) is 9.85. The van der Waals surface area contributed by atoms with Crippen LogP contribution in [-0.4, -0.2) is 4.98 Å². The first-order valence-electron chi connectivity index (χ1n) is 8.17. The van der Waals surface area contributed by atoms with Crippen molar-refractivity contribution in [1.29, 1.82) is 0 Å². The zero-order chi connectivity index (χ0) is 16.7. The van der Waals surface area contributed by atoms with Gasteiger partial charge in [0.25, 0.3) is 5.56 Å². The second kappa shape index (κ2) is 5.69. The topological polar surface area (TPSA) is 32.9 Å². The van der Waals surface area contributed by atoms with E-state index in [4.69, 9.17) is 0 Å². The van der Waals surface area contributed by atoms with E-state index in [-0.39, 0.29) is 5.56 Å². The van der Waals surface area contributed by atoms with Crippen LogP contribution in [0.1, 0.15) is 34.7 Å². The van der Waals surface area contributed by atoms with Gasteiger partial charge in [-0.3, -0.25) is 4.79 Å². The van der Waals surface area contributed by atoms with E-state index in [1.807, 2.05) is 24.3 Å². The summed E-state index contributed by atoms with van der Waals surface area (Å²) in [4.78, 5) is 15.5. The van der Waals surface area contributed by atoms with E-state index in [9.17, 15) is 4.79 Å². The van der Waals surface area contributed by atoms with E-state index in [1.165, 1.54) is 33.4 Å². The van der Waals surface area contributed by atoms with Crippen LogP contribution >= 0.6 is 0 Å². The van der Waals surface area contributed by atoms with Crippen molar-refractivity contribution in [3.63, 3.8) is 0 Å². The standard InChI is InChI=1S/C21H23NO/c1-6-17-13(3)12(2)14(4)20(15(17)5)19-11-16-9-7-8-10-18(16)21(23)22-19/h7-11H,6H2,1-5H3,(H,22,23). The Balaban J connectivity index is 2.40. The van der Waals surface area contributed by atoms with Crippen molar-refractivity contribution in [2.24, 2.45) is 0 Å². The quantitative estimate of drug-likeness (QED) is 0.710. The summed E-state index contributed by atoms with van der Waals surface area (Å²) in [7, 11) is 0. The van der Waals surface area contributed by atoms with Crippen molar-refractivity contribution in [3.8, 4) is 11.3 Å². The summed E-state index contributed by atoms with van der Waals surface area (Å²) < 4.78 is 0. The van der Waals surface area contributed by atoms with Crippen LogP contribution < -0.4 is 5.56 Å². The number of rotatable bonds is 2. The molecule has 1 heterocycles.